The van der Waals surface area contributed by atoms with E-state index >= 15 is 0 Å². The van der Waals surface area contributed by atoms with Gasteiger partial charge >= 0.3 is 0 Å². The number of nitrogens with one attached hydrogen (secondary N) is 1. The SMILES string of the molecule is CCCNCc1cc(COc2ccccc2Cl)c(C)s1. The molecule has 0 amide bonds. The van der Waals surface area contributed by atoms with Crippen molar-refractivity contribution in [1.29, 1.82) is 0 Å². The van der Waals surface area contributed by atoms with Crippen LogP contribution in [0, 0.1) is 6.92 Å². The summed E-state index contributed by atoms with van der Waals surface area (Å²) in [7, 11) is 0. The highest BCUT2D eigenvalue weighted by molar-refractivity contribution is 7.12. The van der Waals surface area contributed by atoms with E-state index in [-0.39, 0.29) is 0 Å². The Hall–Kier alpha value is -1.03. The van der Waals surface area contributed by atoms with Crippen LogP contribution in [0.2, 0.25) is 5.02 Å². The van der Waals surface area contributed by atoms with Gasteiger partial charge in [0.2, 0.25) is 0 Å². The summed E-state index contributed by atoms with van der Waals surface area (Å²) in [6, 6.07) is 9.80. The Morgan fingerprint density at radius 2 is 2.10 bits per heavy atom. The monoisotopic (exact) mass is 309 g/mol. The molecule has 2 aromatic rings. The second-order valence-corrected chi connectivity index (χ2v) is 6.44. The van der Waals surface area contributed by atoms with Gasteiger partial charge in [0.1, 0.15) is 12.4 Å². The molecule has 1 heterocycles. The minimum atomic E-state index is 0.569. The number of hydrogen-bond acceptors (Lipinski definition) is 3. The van der Waals surface area contributed by atoms with Gasteiger partial charge in [-0.05, 0) is 38.1 Å². The van der Waals surface area contributed by atoms with Crippen LogP contribution < -0.4 is 10.1 Å². The third-order valence-electron chi connectivity index (χ3n) is 3.02. The van der Waals surface area contributed by atoms with Gasteiger partial charge in [0.25, 0.3) is 0 Å². The predicted octanol–water partition coefficient (Wildman–Crippen LogP) is 4.79. The summed E-state index contributed by atoms with van der Waals surface area (Å²) in [4.78, 5) is 2.67. The normalized spacial score (nSPS) is 10.8. The largest absolute Gasteiger partial charge is 0.487 e. The van der Waals surface area contributed by atoms with Gasteiger partial charge in [-0.25, -0.2) is 0 Å². The molecule has 0 bridgehead atoms. The van der Waals surface area contributed by atoms with E-state index in [0.29, 0.717) is 11.6 Å². The molecule has 1 aromatic heterocycles. The van der Waals surface area contributed by atoms with Crippen LogP contribution >= 0.6 is 22.9 Å². The molecule has 0 aliphatic heterocycles. The Labute approximate surface area is 129 Å². The first-order valence-electron chi connectivity index (χ1n) is 6.87. The van der Waals surface area contributed by atoms with Crippen molar-refractivity contribution in [1.82, 2.24) is 5.32 Å². The second-order valence-electron chi connectivity index (χ2n) is 4.69. The third kappa shape index (κ3) is 4.23. The van der Waals surface area contributed by atoms with Gasteiger partial charge in [-0.2, -0.15) is 0 Å². The average Bonchev–Trinajstić information content (AvgIpc) is 2.79. The molecule has 2 rings (SSSR count). The Morgan fingerprint density at radius 1 is 1.30 bits per heavy atom. The van der Waals surface area contributed by atoms with Crippen LogP contribution in [-0.2, 0) is 13.2 Å². The molecule has 20 heavy (non-hydrogen) atoms. The summed E-state index contributed by atoms with van der Waals surface area (Å²) in [6.07, 6.45) is 1.16. The summed E-state index contributed by atoms with van der Waals surface area (Å²) < 4.78 is 5.80. The summed E-state index contributed by atoms with van der Waals surface area (Å²) in [5, 5.41) is 4.08. The van der Waals surface area contributed by atoms with Crippen LogP contribution in [0.1, 0.15) is 28.7 Å². The van der Waals surface area contributed by atoms with E-state index in [1.165, 1.54) is 15.3 Å². The van der Waals surface area contributed by atoms with Gasteiger partial charge in [0.05, 0.1) is 5.02 Å². The maximum absolute atomic E-state index is 6.09. The molecule has 0 atom stereocenters. The number of halogens is 1. The Balaban J connectivity index is 1.94. The lowest BCUT2D eigenvalue weighted by Crippen LogP contribution is -2.12. The third-order valence-corrected chi connectivity index (χ3v) is 4.42. The highest BCUT2D eigenvalue weighted by Gasteiger charge is 2.07. The van der Waals surface area contributed by atoms with Crippen LogP contribution in [0.15, 0.2) is 30.3 Å². The zero-order valence-corrected chi connectivity index (χ0v) is 13.5. The van der Waals surface area contributed by atoms with Crippen molar-refractivity contribution in [3.63, 3.8) is 0 Å². The van der Waals surface area contributed by atoms with Crippen molar-refractivity contribution in [2.24, 2.45) is 0 Å². The molecule has 0 spiro atoms. The van der Waals surface area contributed by atoms with Gasteiger partial charge < -0.3 is 10.1 Å². The fourth-order valence-corrected chi connectivity index (χ4v) is 3.13. The standard InChI is InChI=1S/C16H20ClNOS/c1-3-8-18-10-14-9-13(12(2)20-14)11-19-16-7-5-4-6-15(16)17/h4-7,9,18H,3,8,10-11H2,1-2H3. The lowest BCUT2D eigenvalue weighted by atomic mass is 10.2. The summed E-state index contributed by atoms with van der Waals surface area (Å²) in [6.45, 7) is 6.88. The first-order valence-corrected chi connectivity index (χ1v) is 8.06. The molecule has 0 saturated heterocycles. The van der Waals surface area contributed by atoms with Crippen molar-refractivity contribution < 1.29 is 4.74 Å². The van der Waals surface area contributed by atoms with E-state index in [2.05, 4.69) is 25.2 Å². The number of ether oxygens (including phenoxy) is 1. The molecular formula is C16H20ClNOS. The van der Waals surface area contributed by atoms with E-state index in [0.717, 1.165) is 25.3 Å². The second kappa shape index (κ2) is 7.67. The van der Waals surface area contributed by atoms with Crippen molar-refractivity contribution in [2.75, 3.05) is 6.54 Å². The average molecular weight is 310 g/mol. The minimum Gasteiger partial charge on any atom is -0.487 e. The Bertz CT molecular complexity index is 553. The molecular weight excluding hydrogens is 290 g/mol. The van der Waals surface area contributed by atoms with E-state index in [4.69, 9.17) is 16.3 Å². The highest BCUT2D eigenvalue weighted by Crippen LogP contribution is 2.27. The first kappa shape index (κ1) is 15.4. The lowest BCUT2D eigenvalue weighted by molar-refractivity contribution is 0.306. The van der Waals surface area contributed by atoms with Gasteiger partial charge in [-0.15, -0.1) is 11.3 Å². The fraction of sp³-hybridized carbons (Fsp3) is 0.375. The molecule has 0 aliphatic carbocycles. The smallest absolute Gasteiger partial charge is 0.138 e. The van der Waals surface area contributed by atoms with Crippen molar-refractivity contribution in [3.05, 3.63) is 50.7 Å². The van der Waals surface area contributed by atoms with Crippen LogP contribution in [0.4, 0.5) is 0 Å². The van der Waals surface area contributed by atoms with Crippen molar-refractivity contribution in [3.8, 4) is 5.75 Å². The van der Waals surface area contributed by atoms with Crippen LogP contribution in [0.3, 0.4) is 0 Å². The van der Waals surface area contributed by atoms with Crippen LogP contribution in [-0.4, -0.2) is 6.54 Å². The van der Waals surface area contributed by atoms with Crippen molar-refractivity contribution >= 4 is 22.9 Å². The predicted molar refractivity (Wildman–Crippen MR) is 86.8 cm³/mol. The van der Waals surface area contributed by atoms with Gasteiger partial charge in [-0.1, -0.05) is 30.7 Å². The van der Waals surface area contributed by atoms with E-state index in [1.54, 1.807) is 0 Å². The fourth-order valence-electron chi connectivity index (χ4n) is 1.92. The van der Waals surface area contributed by atoms with E-state index < -0.39 is 0 Å². The zero-order valence-electron chi connectivity index (χ0n) is 11.9. The summed E-state index contributed by atoms with van der Waals surface area (Å²) in [5.41, 5.74) is 1.24. The number of para-hydroxylation sites is 1. The highest BCUT2D eigenvalue weighted by atomic mass is 35.5. The van der Waals surface area contributed by atoms with Crippen molar-refractivity contribution in [2.45, 2.75) is 33.4 Å². The zero-order chi connectivity index (χ0) is 14.4. The molecule has 0 radical (unpaired) electrons. The van der Waals surface area contributed by atoms with Gasteiger partial charge in [-0.3, -0.25) is 0 Å². The topological polar surface area (TPSA) is 21.3 Å². The molecule has 0 unspecified atom stereocenters. The number of benzene rings is 1. The summed E-state index contributed by atoms with van der Waals surface area (Å²) in [5.74, 6) is 0.741. The molecule has 4 heteroatoms. The molecule has 0 saturated carbocycles. The van der Waals surface area contributed by atoms with Gasteiger partial charge in [0.15, 0.2) is 0 Å². The minimum absolute atomic E-state index is 0.569. The first-order chi connectivity index (χ1) is 9.70. The number of hydrogen-bond donors (Lipinski definition) is 1. The number of rotatable bonds is 7. The number of thiophene rings is 1. The molecule has 1 aromatic carbocycles. The molecule has 1 N–H and O–H groups in total. The molecule has 2 nitrogen and oxygen atoms in total. The van der Waals surface area contributed by atoms with Crippen LogP contribution in [0.25, 0.3) is 0 Å². The Morgan fingerprint density at radius 3 is 2.85 bits per heavy atom. The summed E-state index contributed by atoms with van der Waals surface area (Å²) >= 11 is 7.92. The van der Waals surface area contributed by atoms with E-state index in [1.807, 2.05) is 35.6 Å². The maximum Gasteiger partial charge on any atom is 0.138 e. The van der Waals surface area contributed by atoms with Gasteiger partial charge in [0, 0.05) is 21.9 Å². The van der Waals surface area contributed by atoms with Crippen LogP contribution in [0.5, 0.6) is 5.75 Å². The quantitative estimate of drug-likeness (QED) is 0.743. The molecule has 0 fully saturated rings. The maximum atomic E-state index is 6.09. The molecule has 0 aliphatic rings. The number of aryl methyl sites for hydroxylation is 1. The van der Waals surface area contributed by atoms with E-state index in [9.17, 15) is 0 Å². The lowest BCUT2D eigenvalue weighted by Gasteiger charge is -2.07. The molecule has 108 valence electrons. The Kier molecular flexibility index (Phi) is 5.89.